The number of nitrogens with zero attached hydrogens (tertiary/aromatic N) is 5. The van der Waals surface area contributed by atoms with Crippen LogP contribution in [0.25, 0.3) is 0 Å². The van der Waals surface area contributed by atoms with Gasteiger partial charge in [-0.2, -0.15) is 0 Å². The highest BCUT2D eigenvalue weighted by Crippen LogP contribution is 2.36. The predicted molar refractivity (Wildman–Crippen MR) is 121 cm³/mol. The number of hydrogen-bond acceptors (Lipinski definition) is 7. The van der Waals surface area contributed by atoms with Crippen molar-refractivity contribution in [1.29, 1.82) is 0 Å². The molecule has 0 aromatic carbocycles. The van der Waals surface area contributed by atoms with E-state index in [0.29, 0.717) is 0 Å². The van der Waals surface area contributed by atoms with Crippen LogP contribution in [0.15, 0.2) is 29.8 Å². The topological polar surface area (TPSA) is 55.7 Å². The van der Waals surface area contributed by atoms with Crippen LogP contribution in [0.2, 0.25) is 0 Å². The number of thiazole rings is 1. The maximum Gasteiger partial charge on any atom is 0.128 e. The van der Waals surface area contributed by atoms with Crippen molar-refractivity contribution < 1.29 is 5.11 Å². The molecule has 4 heterocycles. The Balaban J connectivity index is 1.14. The first kappa shape index (κ1) is 20.4. The molecular weight excluding hydrogens is 394 g/mol. The molecule has 0 bridgehead atoms. The average molecular weight is 428 g/mol. The zero-order valence-corrected chi connectivity index (χ0v) is 18.6. The van der Waals surface area contributed by atoms with Gasteiger partial charge in [0.2, 0.25) is 0 Å². The van der Waals surface area contributed by atoms with Crippen molar-refractivity contribution in [3.63, 3.8) is 0 Å². The van der Waals surface area contributed by atoms with E-state index in [4.69, 9.17) is 4.98 Å². The molecule has 0 amide bonds. The van der Waals surface area contributed by atoms with E-state index in [0.717, 1.165) is 81.2 Å². The quantitative estimate of drug-likeness (QED) is 0.791. The van der Waals surface area contributed by atoms with Crippen LogP contribution >= 0.6 is 11.3 Å². The van der Waals surface area contributed by atoms with Crippen molar-refractivity contribution in [3.8, 4) is 0 Å². The molecule has 0 atom stereocenters. The Bertz CT molecular complexity index is 806. The van der Waals surface area contributed by atoms with Gasteiger partial charge in [0, 0.05) is 56.9 Å². The second kappa shape index (κ2) is 8.91. The summed E-state index contributed by atoms with van der Waals surface area (Å²) in [7, 11) is 0. The molecule has 162 valence electrons. The van der Waals surface area contributed by atoms with Gasteiger partial charge in [-0.25, -0.2) is 9.97 Å². The predicted octanol–water partition coefficient (Wildman–Crippen LogP) is 3.09. The molecule has 0 radical (unpaired) electrons. The molecule has 2 aliphatic heterocycles. The first-order valence-corrected chi connectivity index (χ1v) is 12.4. The Hall–Kier alpha value is -1.54. The molecule has 30 heavy (non-hydrogen) atoms. The number of likely N-dealkylation sites (tertiary alicyclic amines) is 1. The number of hydrogen-bond donors (Lipinski definition) is 1. The summed E-state index contributed by atoms with van der Waals surface area (Å²) < 4.78 is 0. The molecule has 3 aliphatic rings. The molecule has 2 saturated heterocycles. The SMILES string of the molecule is OC1(c2csc(CN3CCN(c4ccccn4)CC3)n2)CCN(C2CCCC2)CC1. The molecule has 0 unspecified atom stereocenters. The van der Waals surface area contributed by atoms with E-state index in [1.54, 1.807) is 11.3 Å². The summed E-state index contributed by atoms with van der Waals surface area (Å²) in [4.78, 5) is 16.8. The summed E-state index contributed by atoms with van der Waals surface area (Å²) in [6.07, 6.45) is 8.92. The van der Waals surface area contributed by atoms with Gasteiger partial charge in [-0.15, -0.1) is 11.3 Å². The van der Waals surface area contributed by atoms with E-state index in [9.17, 15) is 5.11 Å². The molecule has 1 aliphatic carbocycles. The largest absolute Gasteiger partial charge is 0.383 e. The van der Waals surface area contributed by atoms with Crippen LogP contribution in [0, 0.1) is 0 Å². The van der Waals surface area contributed by atoms with Crippen LogP contribution in [0.1, 0.15) is 49.2 Å². The number of pyridine rings is 1. The lowest BCUT2D eigenvalue weighted by Crippen LogP contribution is -2.46. The fraction of sp³-hybridized carbons (Fsp3) is 0.652. The van der Waals surface area contributed by atoms with Crippen LogP contribution in [-0.2, 0) is 12.1 Å². The zero-order valence-electron chi connectivity index (χ0n) is 17.7. The number of aliphatic hydroxyl groups is 1. The smallest absolute Gasteiger partial charge is 0.128 e. The summed E-state index contributed by atoms with van der Waals surface area (Å²) in [5.74, 6) is 1.07. The van der Waals surface area contributed by atoms with Gasteiger partial charge < -0.3 is 14.9 Å². The minimum Gasteiger partial charge on any atom is -0.383 e. The zero-order chi connectivity index (χ0) is 20.4. The van der Waals surface area contributed by atoms with Gasteiger partial charge in [-0.05, 0) is 37.8 Å². The Labute approximate surface area is 183 Å². The standard InChI is InChI=1S/C23H33N5OS/c29-23(8-11-27(12-9-23)19-5-1-2-6-19)20-18-30-22(25-20)17-26-13-15-28(16-14-26)21-7-3-4-10-24-21/h3-4,7,10,18-19,29H,1-2,5-6,8-9,11-17H2. The Kier molecular flexibility index (Phi) is 6.05. The van der Waals surface area contributed by atoms with E-state index in [1.165, 1.54) is 25.7 Å². The van der Waals surface area contributed by atoms with E-state index in [-0.39, 0.29) is 0 Å². The Morgan fingerprint density at radius 1 is 1.03 bits per heavy atom. The molecule has 3 fully saturated rings. The molecule has 5 rings (SSSR count). The van der Waals surface area contributed by atoms with Crippen LogP contribution in [-0.4, -0.2) is 70.2 Å². The van der Waals surface area contributed by atoms with Gasteiger partial charge in [-0.1, -0.05) is 18.9 Å². The summed E-state index contributed by atoms with van der Waals surface area (Å²) in [5.41, 5.74) is 0.169. The highest BCUT2D eigenvalue weighted by molar-refractivity contribution is 7.09. The lowest BCUT2D eigenvalue weighted by molar-refractivity contribution is -0.0379. The second-order valence-corrected chi connectivity index (χ2v) is 10.0. The van der Waals surface area contributed by atoms with Crippen LogP contribution in [0.4, 0.5) is 5.82 Å². The lowest BCUT2D eigenvalue weighted by atomic mass is 9.88. The van der Waals surface area contributed by atoms with Crippen molar-refractivity contribution in [2.45, 2.75) is 56.7 Å². The number of piperidine rings is 1. The monoisotopic (exact) mass is 427 g/mol. The van der Waals surface area contributed by atoms with E-state index < -0.39 is 5.60 Å². The number of piperazine rings is 1. The van der Waals surface area contributed by atoms with Gasteiger partial charge in [-0.3, -0.25) is 4.90 Å². The van der Waals surface area contributed by atoms with Crippen molar-refractivity contribution in [2.75, 3.05) is 44.2 Å². The Morgan fingerprint density at radius 3 is 2.50 bits per heavy atom. The minimum atomic E-state index is -0.735. The van der Waals surface area contributed by atoms with Gasteiger partial charge >= 0.3 is 0 Å². The molecule has 1 N–H and O–H groups in total. The number of rotatable bonds is 5. The van der Waals surface area contributed by atoms with Crippen molar-refractivity contribution in [3.05, 3.63) is 40.5 Å². The molecule has 1 saturated carbocycles. The molecular formula is C23H33N5OS. The third-order valence-corrected chi connectivity index (χ3v) is 8.03. The summed E-state index contributed by atoms with van der Waals surface area (Å²) in [5, 5.41) is 14.5. The minimum absolute atomic E-state index is 0.735. The fourth-order valence-electron chi connectivity index (χ4n) is 5.25. The number of aromatic nitrogens is 2. The van der Waals surface area contributed by atoms with Gasteiger partial charge in [0.1, 0.15) is 16.4 Å². The lowest BCUT2D eigenvalue weighted by Gasteiger charge is -2.40. The van der Waals surface area contributed by atoms with Gasteiger partial charge in [0.25, 0.3) is 0 Å². The molecule has 6 nitrogen and oxygen atoms in total. The van der Waals surface area contributed by atoms with Gasteiger partial charge in [0.05, 0.1) is 12.2 Å². The average Bonchev–Trinajstić information content (AvgIpc) is 3.48. The third-order valence-electron chi connectivity index (χ3n) is 7.20. The molecule has 7 heteroatoms. The van der Waals surface area contributed by atoms with Crippen molar-refractivity contribution >= 4 is 17.2 Å². The highest BCUT2D eigenvalue weighted by atomic mass is 32.1. The first-order valence-electron chi connectivity index (χ1n) is 11.5. The van der Waals surface area contributed by atoms with E-state index in [1.807, 2.05) is 12.3 Å². The van der Waals surface area contributed by atoms with E-state index in [2.05, 4.69) is 37.2 Å². The van der Waals surface area contributed by atoms with Crippen molar-refractivity contribution in [1.82, 2.24) is 19.8 Å². The van der Waals surface area contributed by atoms with Crippen LogP contribution in [0.5, 0.6) is 0 Å². The summed E-state index contributed by atoms with van der Waals surface area (Å²) in [6.45, 7) is 6.92. The summed E-state index contributed by atoms with van der Waals surface area (Å²) >= 11 is 1.71. The first-order chi connectivity index (χ1) is 14.7. The van der Waals surface area contributed by atoms with Crippen LogP contribution in [0.3, 0.4) is 0 Å². The molecule has 2 aromatic heterocycles. The van der Waals surface area contributed by atoms with E-state index >= 15 is 0 Å². The Morgan fingerprint density at radius 2 is 1.80 bits per heavy atom. The molecule has 0 spiro atoms. The maximum absolute atomic E-state index is 11.3. The normalized spacial score (nSPS) is 23.8. The van der Waals surface area contributed by atoms with Gasteiger partial charge in [0.15, 0.2) is 0 Å². The highest BCUT2D eigenvalue weighted by Gasteiger charge is 2.38. The molecule has 2 aromatic rings. The maximum atomic E-state index is 11.3. The van der Waals surface area contributed by atoms with Crippen LogP contribution < -0.4 is 4.90 Å². The summed E-state index contributed by atoms with van der Waals surface area (Å²) in [6, 6.07) is 6.85. The van der Waals surface area contributed by atoms with Crippen molar-refractivity contribution in [2.24, 2.45) is 0 Å². The fourth-order valence-corrected chi connectivity index (χ4v) is 6.18. The third kappa shape index (κ3) is 4.40. The second-order valence-electron chi connectivity index (χ2n) is 9.08. The number of anilines is 1.